The van der Waals surface area contributed by atoms with Gasteiger partial charge >= 0.3 is 0 Å². The zero-order chi connectivity index (χ0) is 10.9. The summed E-state index contributed by atoms with van der Waals surface area (Å²) in [6.45, 7) is 0. The smallest absolute Gasteiger partial charge is 0.273 e. The van der Waals surface area contributed by atoms with Gasteiger partial charge in [0.1, 0.15) is 10.6 Å². The fourth-order valence-corrected chi connectivity index (χ4v) is 1.69. The van der Waals surface area contributed by atoms with Crippen LogP contribution in [0.15, 0.2) is 23.1 Å². The van der Waals surface area contributed by atoms with Gasteiger partial charge in [0.15, 0.2) is 9.84 Å². The average molecular weight is 217 g/mol. The fourth-order valence-electron chi connectivity index (χ4n) is 0.933. The van der Waals surface area contributed by atoms with Crippen LogP contribution in [0.4, 0.5) is 5.69 Å². The summed E-state index contributed by atoms with van der Waals surface area (Å²) < 4.78 is 22.0. The maximum absolute atomic E-state index is 11.0. The summed E-state index contributed by atoms with van der Waals surface area (Å²) >= 11 is 0. The molecule has 0 radical (unpaired) electrons. The number of nitro benzene ring substituents is 1. The van der Waals surface area contributed by atoms with Gasteiger partial charge in [0.2, 0.25) is 0 Å². The van der Waals surface area contributed by atoms with Gasteiger partial charge in [0.25, 0.3) is 5.69 Å². The molecule has 14 heavy (non-hydrogen) atoms. The Morgan fingerprint density at radius 3 is 2.36 bits per heavy atom. The third-order valence-corrected chi connectivity index (χ3v) is 2.70. The van der Waals surface area contributed by atoms with Crippen LogP contribution < -0.4 is 0 Å². The Morgan fingerprint density at radius 1 is 1.43 bits per heavy atom. The van der Waals surface area contributed by atoms with E-state index in [2.05, 4.69) is 0 Å². The fraction of sp³-hybridized carbons (Fsp3) is 0.143. The molecule has 0 aromatic heterocycles. The second-order valence-electron chi connectivity index (χ2n) is 2.68. The average Bonchev–Trinajstić information content (AvgIpc) is 2.01. The third kappa shape index (κ3) is 1.99. The number of nitro groups is 1. The highest BCUT2D eigenvalue weighted by atomic mass is 32.2. The molecule has 0 bridgehead atoms. The Kier molecular flexibility index (Phi) is 2.43. The number of sulfone groups is 1. The molecule has 0 heterocycles. The van der Waals surface area contributed by atoms with E-state index in [0.717, 1.165) is 24.5 Å². The molecular weight excluding hydrogens is 210 g/mol. The summed E-state index contributed by atoms with van der Waals surface area (Å²) in [5.41, 5.74) is -0.352. The van der Waals surface area contributed by atoms with Crippen molar-refractivity contribution in [2.24, 2.45) is 0 Å². The molecule has 0 aliphatic heterocycles. The first kappa shape index (κ1) is 10.5. The molecule has 1 aromatic carbocycles. The van der Waals surface area contributed by atoms with Gasteiger partial charge in [-0.2, -0.15) is 0 Å². The molecule has 7 heteroatoms. The minimum Gasteiger partial charge on any atom is -0.506 e. The van der Waals surface area contributed by atoms with Gasteiger partial charge in [-0.1, -0.05) is 0 Å². The Labute approximate surface area is 79.9 Å². The van der Waals surface area contributed by atoms with E-state index in [-0.39, 0.29) is 10.6 Å². The lowest BCUT2D eigenvalue weighted by molar-refractivity contribution is -0.385. The number of hydrogen-bond donors (Lipinski definition) is 1. The number of non-ortho nitro benzene ring substituents is 1. The number of phenols is 1. The van der Waals surface area contributed by atoms with Gasteiger partial charge in [0.05, 0.1) is 11.0 Å². The molecule has 6 nitrogen and oxygen atoms in total. The summed E-state index contributed by atoms with van der Waals surface area (Å²) in [6.07, 6.45) is 0.911. The highest BCUT2D eigenvalue weighted by Crippen LogP contribution is 2.26. The molecule has 0 aliphatic carbocycles. The van der Waals surface area contributed by atoms with Gasteiger partial charge in [-0.15, -0.1) is 0 Å². The Hall–Kier alpha value is -1.63. The van der Waals surface area contributed by atoms with E-state index in [1.165, 1.54) is 0 Å². The highest BCUT2D eigenvalue weighted by Gasteiger charge is 2.16. The van der Waals surface area contributed by atoms with Gasteiger partial charge in [0, 0.05) is 12.3 Å². The molecule has 76 valence electrons. The largest absolute Gasteiger partial charge is 0.506 e. The number of nitrogens with zero attached hydrogens (tertiary/aromatic N) is 1. The van der Waals surface area contributed by atoms with E-state index < -0.39 is 20.5 Å². The number of rotatable bonds is 2. The maximum atomic E-state index is 11.0. The van der Waals surface area contributed by atoms with Crippen LogP contribution in [0.3, 0.4) is 0 Å². The number of benzene rings is 1. The second-order valence-corrected chi connectivity index (χ2v) is 4.67. The molecule has 1 rings (SSSR count). The predicted molar refractivity (Wildman–Crippen MR) is 47.9 cm³/mol. The van der Waals surface area contributed by atoms with Crippen LogP contribution in [0.25, 0.3) is 0 Å². The zero-order valence-electron chi connectivity index (χ0n) is 7.17. The second kappa shape index (κ2) is 3.26. The van der Waals surface area contributed by atoms with Crippen molar-refractivity contribution in [1.82, 2.24) is 0 Å². The summed E-state index contributed by atoms with van der Waals surface area (Å²) in [7, 11) is -3.55. The van der Waals surface area contributed by atoms with Crippen molar-refractivity contribution < 1.29 is 18.4 Å². The molecule has 1 N–H and O–H groups in total. The number of aromatic hydroxyl groups is 1. The van der Waals surface area contributed by atoms with Crippen LogP contribution in [-0.2, 0) is 9.84 Å². The van der Waals surface area contributed by atoms with E-state index >= 15 is 0 Å². The molecule has 0 unspecified atom stereocenters. The lowest BCUT2D eigenvalue weighted by Gasteiger charge is -2.00. The van der Waals surface area contributed by atoms with Gasteiger partial charge < -0.3 is 5.11 Å². The van der Waals surface area contributed by atoms with Crippen LogP contribution in [-0.4, -0.2) is 24.7 Å². The highest BCUT2D eigenvalue weighted by molar-refractivity contribution is 7.90. The predicted octanol–water partition coefficient (Wildman–Crippen LogP) is 0.704. The quantitative estimate of drug-likeness (QED) is 0.581. The SMILES string of the molecule is CS(=O)(=O)c1ccc([N+](=O)[O-])cc1O. The minimum atomic E-state index is -3.55. The first-order valence-corrected chi connectivity index (χ1v) is 5.39. The van der Waals surface area contributed by atoms with Crippen LogP contribution >= 0.6 is 0 Å². The van der Waals surface area contributed by atoms with Crippen molar-refractivity contribution in [2.45, 2.75) is 4.90 Å². The van der Waals surface area contributed by atoms with Crippen molar-refractivity contribution in [3.8, 4) is 5.75 Å². The lowest BCUT2D eigenvalue weighted by Crippen LogP contribution is -1.98. The molecule has 0 aliphatic rings. The van der Waals surface area contributed by atoms with E-state index in [9.17, 15) is 23.6 Å². The standard InChI is InChI=1S/C7H7NO5S/c1-14(12,13)7-3-2-5(8(10)11)4-6(7)9/h2-4,9H,1H3. The van der Waals surface area contributed by atoms with Gasteiger partial charge in [-0.3, -0.25) is 10.1 Å². The molecule has 0 saturated heterocycles. The molecule has 0 fully saturated rings. The Morgan fingerprint density at radius 2 is 2.00 bits per heavy atom. The molecule has 1 aromatic rings. The normalized spacial score (nSPS) is 11.2. The molecule has 0 atom stereocenters. The summed E-state index contributed by atoms with van der Waals surface area (Å²) in [4.78, 5) is 9.23. The van der Waals surface area contributed by atoms with E-state index in [1.54, 1.807) is 0 Å². The monoisotopic (exact) mass is 217 g/mol. The van der Waals surface area contributed by atoms with Crippen molar-refractivity contribution >= 4 is 15.5 Å². The van der Waals surface area contributed by atoms with Crippen LogP contribution in [0.1, 0.15) is 0 Å². The van der Waals surface area contributed by atoms with Crippen molar-refractivity contribution in [2.75, 3.05) is 6.26 Å². The lowest BCUT2D eigenvalue weighted by atomic mass is 10.3. The Balaban J connectivity index is 3.35. The molecular formula is C7H7NO5S. The van der Waals surface area contributed by atoms with Crippen LogP contribution in [0.5, 0.6) is 5.75 Å². The summed E-state index contributed by atoms with van der Waals surface area (Å²) in [6, 6.07) is 2.83. The third-order valence-electron chi connectivity index (χ3n) is 1.55. The first-order chi connectivity index (χ1) is 6.32. The minimum absolute atomic E-state index is 0.317. The van der Waals surface area contributed by atoms with E-state index in [4.69, 9.17) is 0 Å². The van der Waals surface area contributed by atoms with E-state index in [1.807, 2.05) is 0 Å². The zero-order valence-corrected chi connectivity index (χ0v) is 7.98. The van der Waals surface area contributed by atoms with Crippen LogP contribution in [0, 0.1) is 10.1 Å². The van der Waals surface area contributed by atoms with E-state index in [0.29, 0.717) is 0 Å². The van der Waals surface area contributed by atoms with Crippen molar-refractivity contribution in [3.05, 3.63) is 28.3 Å². The maximum Gasteiger partial charge on any atom is 0.273 e. The molecule has 0 spiro atoms. The van der Waals surface area contributed by atoms with Gasteiger partial charge in [-0.05, 0) is 6.07 Å². The van der Waals surface area contributed by atoms with Gasteiger partial charge in [-0.25, -0.2) is 8.42 Å². The van der Waals surface area contributed by atoms with Crippen LogP contribution in [0.2, 0.25) is 0 Å². The summed E-state index contributed by atoms with van der Waals surface area (Å²) in [5.74, 6) is -0.610. The molecule has 0 amide bonds. The summed E-state index contributed by atoms with van der Waals surface area (Å²) in [5, 5.41) is 19.5. The number of phenolic OH excluding ortho intramolecular Hbond substituents is 1. The topological polar surface area (TPSA) is 97.5 Å². The first-order valence-electron chi connectivity index (χ1n) is 3.50. The molecule has 0 saturated carbocycles. The number of hydrogen-bond acceptors (Lipinski definition) is 5. The Bertz CT molecular complexity index is 479. The van der Waals surface area contributed by atoms with Crippen molar-refractivity contribution in [1.29, 1.82) is 0 Å². The van der Waals surface area contributed by atoms with Crippen molar-refractivity contribution in [3.63, 3.8) is 0 Å².